The molecule has 3 rings (SSSR count). The summed E-state index contributed by atoms with van der Waals surface area (Å²) in [4.78, 5) is 10.8. The van der Waals surface area contributed by atoms with E-state index in [1.807, 2.05) is 20.8 Å². The molecule has 1 saturated heterocycles. The van der Waals surface area contributed by atoms with Gasteiger partial charge < -0.3 is 14.2 Å². The summed E-state index contributed by atoms with van der Waals surface area (Å²) >= 11 is 0. The molecule has 0 N–H and O–H groups in total. The summed E-state index contributed by atoms with van der Waals surface area (Å²) in [6.45, 7) is 13.9. The summed E-state index contributed by atoms with van der Waals surface area (Å²) in [7, 11) is 0. The minimum absolute atomic E-state index is 0.280. The van der Waals surface area contributed by atoms with Crippen molar-refractivity contribution >= 4 is 5.97 Å². The Labute approximate surface area is 171 Å². The van der Waals surface area contributed by atoms with Gasteiger partial charge in [-0.05, 0) is 46.5 Å². The van der Waals surface area contributed by atoms with Crippen LogP contribution in [-0.4, -0.2) is 41.7 Å². The van der Waals surface area contributed by atoms with Gasteiger partial charge in [-0.2, -0.15) is 26.3 Å². The Kier molecular flexibility index (Phi) is 6.36. The molecule has 0 amide bonds. The zero-order valence-corrected chi connectivity index (χ0v) is 17.2. The third-order valence-electron chi connectivity index (χ3n) is 5.52. The zero-order valence-electron chi connectivity index (χ0n) is 17.2. The van der Waals surface area contributed by atoms with Gasteiger partial charge in [0.2, 0.25) is 0 Å². The topological polar surface area (TPSA) is 44.8 Å². The van der Waals surface area contributed by atoms with Crippen molar-refractivity contribution < 1.29 is 45.3 Å². The molecule has 0 aromatic rings. The maximum atomic E-state index is 13.0. The first-order valence-electron chi connectivity index (χ1n) is 9.42. The number of alkyl halides is 6. The van der Waals surface area contributed by atoms with Crippen LogP contribution in [0, 0.1) is 17.8 Å². The van der Waals surface area contributed by atoms with Gasteiger partial charge in [-0.15, -0.1) is 0 Å². The molecule has 0 aromatic carbocycles. The number of esters is 1. The number of ether oxygens (including phenoxy) is 3. The molecule has 2 bridgehead atoms. The van der Waals surface area contributed by atoms with Gasteiger partial charge in [0.15, 0.2) is 0 Å². The van der Waals surface area contributed by atoms with Gasteiger partial charge in [0, 0.05) is 17.4 Å². The molecular weight excluding hydrogens is 418 g/mol. The lowest BCUT2D eigenvalue weighted by molar-refractivity contribution is -0.473. The highest BCUT2D eigenvalue weighted by Gasteiger charge is 2.87. The van der Waals surface area contributed by atoms with E-state index in [1.54, 1.807) is 6.92 Å². The third kappa shape index (κ3) is 4.20. The summed E-state index contributed by atoms with van der Waals surface area (Å²) in [6, 6.07) is 0. The summed E-state index contributed by atoms with van der Waals surface area (Å²) in [5, 5.41) is 0. The SMILES string of the molecule is C=C(C)C(=O)OC(C)(C)C.C=COC1CC2CC1C1C2OC1(C(F)(F)F)C(F)(F)F. The number of rotatable bonds is 3. The van der Waals surface area contributed by atoms with Crippen molar-refractivity contribution in [3.8, 4) is 0 Å². The number of hydrogen-bond acceptors (Lipinski definition) is 4. The fourth-order valence-corrected chi connectivity index (χ4v) is 4.49. The Morgan fingerprint density at radius 1 is 1.10 bits per heavy atom. The summed E-state index contributed by atoms with van der Waals surface area (Å²) in [6.07, 6.45) is -10.8. The van der Waals surface area contributed by atoms with E-state index in [1.165, 1.54) is 0 Å². The van der Waals surface area contributed by atoms with E-state index in [9.17, 15) is 31.1 Å². The molecule has 3 aliphatic rings. The smallest absolute Gasteiger partial charge is 0.426 e. The predicted molar refractivity (Wildman–Crippen MR) is 95.1 cm³/mol. The third-order valence-corrected chi connectivity index (χ3v) is 5.52. The molecule has 1 aliphatic heterocycles. The van der Waals surface area contributed by atoms with E-state index in [0.717, 1.165) is 6.26 Å². The van der Waals surface area contributed by atoms with Crippen LogP contribution in [0.4, 0.5) is 26.3 Å². The van der Waals surface area contributed by atoms with E-state index in [4.69, 9.17) is 9.47 Å². The molecule has 5 atom stereocenters. The van der Waals surface area contributed by atoms with Crippen LogP contribution in [0.1, 0.15) is 40.5 Å². The predicted octanol–water partition coefficient (Wildman–Crippen LogP) is 5.34. The molecule has 10 heteroatoms. The summed E-state index contributed by atoms with van der Waals surface area (Å²) < 4.78 is 92.6. The highest BCUT2D eigenvalue weighted by Crippen LogP contribution is 2.69. The molecular formula is C20H26F6O4. The molecule has 172 valence electrons. The van der Waals surface area contributed by atoms with Crippen LogP contribution < -0.4 is 0 Å². The first kappa shape index (κ1) is 24.6. The van der Waals surface area contributed by atoms with Crippen LogP contribution in [0.2, 0.25) is 0 Å². The lowest BCUT2D eigenvalue weighted by atomic mass is 9.67. The van der Waals surface area contributed by atoms with Crippen molar-refractivity contribution in [1.82, 2.24) is 0 Å². The molecule has 30 heavy (non-hydrogen) atoms. The van der Waals surface area contributed by atoms with Crippen LogP contribution >= 0.6 is 0 Å². The maximum Gasteiger partial charge on any atom is 0.426 e. The van der Waals surface area contributed by atoms with Gasteiger partial charge in [-0.25, -0.2) is 4.79 Å². The molecule has 4 nitrogen and oxygen atoms in total. The fourth-order valence-electron chi connectivity index (χ4n) is 4.49. The average Bonchev–Trinajstić information content (AvgIpc) is 2.97. The largest absolute Gasteiger partial charge is 0.498 e. The first-order chi connectivity index (χ1) is 13.5. The van der Waals surface area contributed by atoms with Crippen molar-refractivity contribution in [3.05, 3.63) is 25.0 Å². The Morgan fingerprint density at radius 3 is 2.00 bits per heavy atom. The second-order valence-electron chi connectivity index (χ2n) is 8.86. The van der Waals surface area contributed by atoms with Crippen LogP contribution in [0.25, 0.3) is 0 Å². The van der Waals surface area contributed by atoms with Crippen molar-refractivity contribution in [2.45, 2.75) is 76.3 Å². The van der Waals surface area contributed by atoms with E-state index >= 15 is 0 Å². The van der Waals surface area contributed by atoms with Gasteiger partial charge in [0.25, 0.3) is 5.60 Å². The number of fused-ring (bicyclic) bond motifs is 5. The van der Waals surface area contributed by atoms with Crippen molar-refractivity contribution in [1.29, 1.82) is 0 Å². The van der Waals surface area contributed by atoms with Gasteiger partial charge >= 0.3 is 18.3 Å². The molecule has 2 saturated carbocycles. The Morgan fingerprint density at radius 2 is 1.63 bits per heavy atom. The van der Waals surface area contributed by atoms with E-state index in [-0.39, 0.29) is 18.3 Å². The molecule has 5 unspecified atom stereocenters. The Balaban J connectivity index is 0.000000274. The standard InChI is InChI=1S/C12H12F6O2.C8H14O2/c1-2-19-7-4-5-3-6(7)8-9(5)20-10(8,11(13,14)15)12(16,17)18;1-6(2)7(9)10-8(3,4)5/h2,5-9H,1,3-4H2;1H2,2-5H3. The van der Waals surface area contributed by atoms with Gasteiger partial charge in [-0.3, -0.25) is 0 Å². The van der Waals surface area contributed by atoms with Crippen LogP contribution in [-0.2, 0) is 19.0 Å². The second-order valence-corrected chi connectivity index (χ2v) is 8.86. The quantitative estimate of drug-likeness (QED) is 0.255. The lowest BCUT2D eigenvalue weighted by Crippen LogP contribution is -2.76. The van der Waals surface area contributed by atoms with Crippen molar-refractivity contribution in [2.75, 3.05) is 0 Å². The first-order valence-corrected chi connectivity index (χ1v) is 9.42. The second kappa shape index (κ2) is 7.76. The Hall–Kier alpha value is -1.71. The molecule has 0 spiro atoms. The Bertz CT molecular complexity index is 677. The van der Waals surface area contributed by atoms with Crippen molar-refractivity contribution in [3.63, 3.8) is 0 Å². The molecule has 1 heterocycles. The monoisotopic (exact) mass is 444 g/mol. The van der Waals surface area contributed by atoms with Crippen molar-refractivity contribution in [2.24, 2.45) is 17.8 Å². The number of halogens is 6. The highest BCUT2D eigenvalue weighted by atomic mass is 19.4. The average molecular weight is 444 g/mol. The van der Waals surface area contributed by atoms with Crippen LogP contribution in [0.5, 0.6) is 0 Å². The number of hydrogen-bond donors (Lipinski definition) is 0. The highest BCUT2D eigenvalue weighted by molar-refractivity contribution is 5.87. The van der Waals surface area contributed by atoms with Gasteiger partial charge in [-0.1, -0.05) is 13.2 Å². The maximum absolute atomic E-state index is 13.0. The summed E-state index contributed by atoms with van der Waals surface area (Å²) in [5.41, 5.74) is -4.00. The zero-order chi connectivity index (χ0) is 23.3. The minimum atomic E-state index is -5.48. The minimum Gasteiger partial charge on any atom is -0.498 e. The normalized spacial score (nSPS) is 31.6. The van der Waals surface area contributed by atoms with Crippen LogP contribution in [0.15, 0.2) is 25.0 Å². The fraction of sp³-hybridized carbons (Fsp3) is 0.750. The number of carbonyl (C=O) groups excluding carboxylic acids is 1. The summed E-state index contributed by atoms with van der Waals surface area (Å²) in [5.74, 6) is -3.02. The number of carbonyl (C=O) groups is 1. The molecule has 3 fully saturated rings. The van der Waals surface area contributed by atoms with Crippen LogP contribution in [0.3, 0.4) is 0 Å². The van der Waals surface area contributed by atoms with E-state index in [2.05, 4.69) is 17.9 Å². The van der Waals surface area contributed by atoms with E-state index in [0.29, 0.717) is 12.0 Å². The van der Waals surface area contributed by atoms with Gasteiger partial charge in [0.05, 0.1) is 12.4 Å². The molecule has 2 aliphatic carbocycles. The van der Waals surface area contributed by atoms with E-state index < -0.39 is 47.6 Å². The molecule has 0 radical (unpaired) electrons. The van der Waals surface area contributed by atoms with Gasteiger partial charge in [0.1, 0.15) is 11.7 Å². The lowest BCUT2D eigenvalue weighted by Gasteiger charge is -2.57. The molecule has 0 aromatic heterocycles.